The molecule has 0 amide bonds. The van der Waals surface area contributed by atoms with Crippen molar-refractivity contribution < 1.29 is 9.90 Å². The number of hydrogen-bond acceptors (Lipinski definition) is 2. The lowest BCUT2D eigenvalue weighted by Crippen LogP contribution is -2.50. The molecule has 2 aliphatic rings. The van der Waals surface area contributed by atoms with Gasteiger partial charge >= 0.3 is 5.97 Å². The molecule has 70 valence electrons. The molecule has 1 heterocycles. The molecule has 0 aromatic carbocycles. The molecule has 1 unspecified atom stereocenters. The highest BCUT2D eigenvalue weighted by Crippen LogP contribution is 2.40. The van der Waals surface area contributed by atoms with Crippen molar-refractivity contribution in [2.24, 2.45) is 0 Å². The molecule has 1 spiro atoms. The Morgan fingerprint density at radius 2 is 2.08 bits per heavy atom. The van der Waals surface area contributed by atoms with Crippen molar-refractivity contribution in [1.29, 1.82) is 0 Å². The van der Waals surface area contributed by atoms with Gasteiger partial charge in [0.2, 0.25) is 0 Å². The second kappa shape index (κ2) is 3.23. The van der Waals surface area contributed by atoms with Gasteiger partial charge in [0.05, 0.1) is 0 Å². The van der Waals surface area contributed by atoms with Crippen molar-refractivity contribution >= 4 is 18.4 Å². The lowest BCUT2D eigenvalue weighted by atomic mass is 9.76. The van der Waals surface area contributed by atoms with Crippen molar-refractivity contribution in [1.82, 2.24) is 5.32 Å². The zero-order valence-corrected chi connectivity index (χ0v) is 7.69. The first kappa shape index (κ1) is 9.81. The number of nitrogens with one attached hydrogen (secondary N) is 1. The van der Waals surface area contributed by atoms with Crippen LogP contribution in [0.2, 0.25) is 0 Å². The maximum Gasteiger partial charge on any atom is 0.320 e. The van der Waals surface area contributed by atoms with Crippen LogP contribution < -0.4 is 5.32 Å². The number of rotatable bonds is 1. The molecule has 4 heteroatoms. The molecule has 2 N–H and O–H groups in total. The lowest BCUT2D eigenvalue weighted by molar-refractivity contribution is -0.139. The highest BCUT2D eigenvalue weighted by Gasteiger charge is 2.44. The first-order valence-corrected chi connectivity index (χ1v) is 4.22. The molecule has 1 saturated carbocycles. The molecule has 12 heavy (non-hydrogen) atoms. The predicted octanol–water partition coefficient (Wildman–Crippen LogP) is 1.17. The van der Waals surface area contributed by atoms with E-state index in [1.807, 2.05) is 0 Å². The smallest absolute Gasteiger partial charge is 0.320 e. The molecule has 1 aliphatic carbocycles. The van der Waals surface area contributed by atoms with Crippen molar-refractivity contribution in [2.75, 3.05) is 0 Å². The average molecular weight is 192 g/mol. The van der Waals surface area contributed by atoms with E-state index in [2.05, 4.69) is 5.32 Å². The van der Waals surface area contributed by atoms with Crippen LogP contribution in [0.15, 0.2) is 0 Å². The van der Waals surface area contributed by atoms with E-state index in [-0.39, 0.29) is 24.0 Å². The van der Waals surface area contributed by atoms with Crippen LogP contribution in [0, 0.1) is 0 Å². The zero-order valence-electron chi connectivity index (χ0n) is 6.88. The summed E-state index contributed by atoms with van der Waals surface area (Å²) in [7, 11) is 0. The van der Waals surface area contributed by atoms with E-state index in [1.54, 1.807) is 0 Å². The summed E-state index contributed by atoms with van der Waals surface area (Å²) in [4.78, 5) is 10.6. The van der Waals surface area contributed by atoms with Crippen LogP contribution in [0.4, 0.5) is 0 Å². The first-order chi connectivity index (χ1) is 5.22. The minimum absolute atomic E-state index is 0. The number of carboxylic acids is 1. The predicted molar refractivity (Wildman–Crippen MR) is 47.6 cm³/mol. The van der Waals surface area contributed by atoms with Crippen LogP contribution >= 0.6 is 12.4 Å². The monoisotopic (exact) mass is 191 g/mol. The van der Waals surface area contributed by atoms with E-state index >= 15 is 0 Å². The van der Waals surface area contributed by atoms with E-state index in [0.29, 0.717) is 0 Å². The second-order valence-electron chi connectivity index (χ2n) is 3.71. The Morgan fingerprint density at radius 3 is 2.33 bits per heavy atom. The molecular weight excluding hydrogens is 178 g/mol. The summed E-state index contributed by atoms with van der Waals surface area (Å²) < 4.78 is 0. The fourth-order valence-corrected chi connectivity index (χ4v) is 2.12. The van der Waals surface area contributed by atoms with E-state index in [4.69, 9.17) is 5.11 Å². The first-order valence-electron chi connectivity index (χ1n) is 4.22. The van der Waals surface area contributed by atoms with Gasteiger partial charge < -0.3 is 5.11 Å². The SMILES string of the molecule is Cl.O=C(O)C1CCC2(CCC2)N1. The Bertz CT molecular complexity index is 191. The summed E-state index contributed by atoms with van der Waals surface area (Å²) in [6.07, 6.45) is 5.49. The van der Waals surface area contributed by atoms with Crippen molar-refractivity contribution in [3.05, 3.63) is 0 Å². The molecule has 1 aliphatic heterocycles. The van der Waals surface area contributed by atoms with Gasteiger partial charge in [0.1, 0.15) is 6.04 Å². The van der Waals surface area contributed by atoms with E-state index in [9.17, 15) is 4.79 Å². The van der Waals surface area contributed by atoms with Crippen LogP contribution in [0.3, 0.4) is 0 Å². The van der Waals surface area contributed by atoms with E-state index in [0.717, 1.165) is 12.8 Å². The number of aliphatic carboxylic acids is 1. The Balaban J connectivity index is 0.000000720. The van der Waals surface area contributed by atoms with Gasteiger partial charge in [0.25, 0.3) is 0 Å². The number of carboxylic acid groups (broad SMARTS) is 1. The topological polar surface area (TPSA) is 49.3 Å². The summed E-state index contributed by atoms with van der Waals surface area (Å²) >= 11 is 0. The number of halogens is 1. The quantitative estimate of drug-likeness (QED) is 0.654. The second-order valence-corrected chi connectivity index (χ2v) is 3.71. The Morgan fingerprint density at radius 1 is 1.42 bits per heavy atom. The van der Waals surface area contributed by atoms with Gasteiger partial charge in [-0.1, -0.05) is 0 Å². The van der Waals surface area contributed by atoms with Crippen LogP contribution in [0.1, 0.15) is 32.1 Å². The largest absolute Gasteiger partial charge is 0.480 e. The Hall–Kier alpha value is -0.280. The molecule has 2 rings (SSSR count). The molecule has 1 saturated heterocycles. The van der Waals surface area contributed by atoms with Crippen molar-refractivity contribution in [2.45, 2.75) is 43.7 Å². The Kier molecular flexibility index (Phi) is 2.64. The van der Waals surface area contributed by atoms with Crippen molar-refractivity contribution in [3.63, 3.8) is 0 Å². The third-order valence-corrected chi connectivity index (χ3v) is 3.00. The van der Waals surface area contributed by atoms with Gasteiger partial charge in [-0.15, -0.1) is 12.4 Å². The number of hydrogen-bond donors (Lipinski definition) is 2. The molecule has 0 radical (unpaired) electrons. The summed E-state index contributed by atoms with van der Waals surface area (Å²) in [5, 5.41) is 11.9. The van der Waals surface area contributed by atoms with Gasteiger partial charge in [0, 0.05) is 5.54 Å². The summed E-state index contributed by atoms with van der Waals surface area (Å²) in [6.45, 7) is 0. The third kappa shape index (κ3) is 1.43. The summed E-state index contributed by atoms with van der Waals surface area (Å²) in [5.41, 5.74) is 0.239. The zero-order chi connectivity index (χ0) is 7.90. The van der Waals surface area contributed by atoms with Gasteiger partial charge in [-0.2, -0.15) is 0 Å². The minimum atomic E-state index is -0.686. The van der Waals surface area contributed by atoms with Gasteiger partial charge in [-0.25, -0.2) is 0 Å². The average Bonchev–Trinajstić information content (AvgIpc) is 2.28. The molecule has 3 nitrogen and oxygen atoms in total. The fraction of sp³-hybridized carbons (Fsp3) is 0.875. The van der Waals surface area contributed by atoms with Crippen LogP contribution in [-0.2, 0) is 4.79 Å². The van der Waals surface area contributed by atoms with Crippen LogP contribution in [-0.4, -0.2) is 22.7 Å². The highest BCUT2D eigenvalue weighted by atomic mass is 35.5. The van der Waals surface area contributed by atoms with E-state index in [1.165, 1.54) is 19.3 Å². The van der Waals surface area contributed by atoms with E-state index < -0.39 is 5.97 Å². The van der Waals surface area contributed by atoms with Crippen molar-refractivity contribution in [3.8, 4) is 0 Å². The molecular formula is C8H14ClNO2. The Labute approximate surface area is 77.9 Å². The molecule has 2 fully saturated rings. The molecule has 0 bridgehead atoms. The summed E-state index contributed by atoms with van der Waals surface area (Å²) in [6, 6.07) is -0.268. The van der Waals surface area contributed by atoms with Gasteiger partial charge in [0.15, 0.2) is 0 Å². The normalized spacial score (nSPS) is 30.8. The number of carbonyl (C=O) groups is 1. The maximum absolute atomic E-state index is 10.6. The third-order valence-electron chi connectivity index (χ3n) is 3.00. The van der Waals surface area contributed by atoms with Crippen LogP contribution in [0.5, 0.6) is 0 Å². The fourth-order valence-electron chi connectivity index (χ4n) is 2.12. The van der Waals surface area contributed by atoms with Gasteiger partial charge in [-0.3, -0.25) is 10.1 Å². The molecule has 0 aromatic heterocycles. The van der Waals surface area contributed by atoms with Crippen LogP contribution in [0.25, 0.3) is 0 Å². The summed E-state index contributed by atoms with van der Waals surface area (Å²) in [5.74, 6) is -0.686. The maximum atomic E-state index is 10.6. The lowest BCUT2D eigenvalue weighted by Gasteiger charge is -2.38. The molecule has 0 aromatic rings. The minimum Gasteiger partial charge on any atom is -0.480 e. The standard InChI is InChI=1S/C8H13NO2.ClH/c10-7(11)6-2-5-8(9-6)3-1-4-8;/h6,9H,1-5H2,(H,10,11);1H. The molecule has 1 atom stereocenters. The van der Waals surface area contributed by atoms with Gasteiger partial charge in [-0.05, 0) is 32.1 Å². The highest BCUT2D eigenvalue weighted by molar-refractivity contribution is 5.85.